The second-order valence-electron chi connectivity index (χ2n) is 3.90. The van der Waals surface area contributed by atoms with E-state index in [0.29, 0.717) is 11.9 Å². The van der Waals surface area contributed by atoms with E-state index in [4.69, 9.17) is 11.1 Å². The molecular formula is C10H21N3. The fourth-order valence-electron chi connectivity index (χ4n) is 2.26. The molecule has 0 radical (unpaired) electrons. The van der Waals surface area contributed by atoms with Crippen molar-refractivity contribution in [3.05, 3.63) is 0 Å². The van der Waals surface area contributed by atoms with Crippen molar-refractivity contribution < 1.29 is 0 Å². The van der Waals surface area contributed by atoms with Gasteiger partial charge in [0.2, 0.25) is 0 Å². The van der Waals surface area contributed by atoms with Crippen LogP contribution < -0.4 is 5.73 Å². The molecule has 1 atom stereocenters. The third kappa shape index (κ3) is 2.44. The lowest BCUT2D eigenvalue weighted by Gasteiger charge is -2.32. The van der Waals surface area contributed by atoms with Crippen LogP contribution in [0.15, 0.2) is 0 Å². The van der Waals surface area contributed by atoms with Crippen LogP contribution in [0.5, 0.6) is 0 Å². The number of nitrogens with one attached hydrogen (secondary N) is 1. The Hall–Kier alpha value is -0.570. The first-order chi connectivity index (χ1) is 6.16. The van der Waals surface area contributed by atoms with Crippen molar-refractivity contribution in [3.63, 3.8) is 0 Å². The number of rotatable bonds is 4. The Morgan fingerprint density at radius 2 is 2.08 bits per heavy atom. The van der Waals surface area contributed by atoms with E-state index in [2.05, 4.69) is 11.8 Å². The van der Waals surface area contributed by atoms with Gasteiger partial charge in [-0.2, -0.15) is 0 Å². The topological polar surface area (TPSA) is 53.1 Å². The van der Waals surface area contributed by atoms with E-state index in [1.807, 2.05) is 6.92 Å². The van der Waals surface area contributed by atoms with Gasteiger partial charge >= 0.3 is 0 Å². The average Bonchev–Trinajstić information content (AvgIpc) is 2.58. The van der Waals surface area contributed by atoms with Gasteiger partial charge in [-0.15, -0.1) is 0 Å². The maximum absolute atomic E-state index is 7.43. The molecule has 1 fully saturated rings. The lowest BCUT2D eigenvalue weighted by molar-refractivity contribution is 0.189. The van der Waals surface area contributed by atoms with Crippen molar-refractivity contribution >= 4 is 5.84 Å². The maximum Gasteiger partial charge on any atom is 0.108 e. The molecule has 1 rings (SSSR count). The Balaban J connectivity index is 2.54. The van der Waals surface area contributed by atoms with Gasteiger partial charge in [-0.1, -0.05) is 19.8 Å². The number of hydrogen-bond acceptors (Lipinski definition) is 2. The molecule has 0 spiro atoms. The van der Waals surface area contributed by atoms with Crippen molar-refractivity contribution in [3.8, 4) is 0 Å². The zero-order valence-corrected chi connectivity index (χ0v) is 8.71. The number of amidine groups is 1. The zero-order chi connectivity index (χ0) is 9.84. The lowest BCUT2D eigenvalue weighted by atomic mass is 10.1. The number of likely N-dealkylation sites (N-methyl/N-ethyl adjacent to an activating group) is 1. The molecule has 1 saturated carbocycles. The molecular weight excluding hydrogens is 162 g/mol. The van der Waals surface area contributed by atoms with Gasteiger partial charge < -0.3 is 5.73 Å². The summed E-state index contributed by atoms with van der Waals surface area (Å²) < 4.78 is 0. The van der Waals surface area contributed by atoms with Gasteiger partial charge in [-0.05, 0) is 26.3 Å². The first kappa shape index (κ1) is 10.5. The standard InChI is InChI=1S/C10H21N3/c1-3-13(8(2)10(11)12)9-6-4-5-7-9/h8-9H,3-7H2,1-2H3,(H3,11,12). The van der Waals surface area contributed by atoms with Crippen molar-refractivity contribution in [1.29, 1.82) is 5.41 Å². The number of nitrogens with two attached hydrogens (primary N) is 1. The quantitative estimate of drug-likeness (QED) is 0.513. The number of nitrogens with zero attached hydrogens (tertiary/aromatic N) is 1. The lowest BCUT2D eigenvalue weighted by Crippen LogP contribution is -2.46. The molecule has 13 heavy (non-hydrogen) atoms. The Labute approximate surface area is 80.8 Å². The Morgan fingerprint density at radius 3 is 2.46 bits per heavy atom. The fourth-order valence-corrected chi connectivity index (χ4v) is 2.26. The summed E-state index contributed by atoms with van der Waals surface area (Å²) in [5.41, 5.74) is 5.52. The summed E-state index contributed by atoms with van der Waals surface area (Å²) in [6.45, 7) is 5.19. The minimum atomic E-state index is 0.119. The Bertz CT molecular complexity index is 173. The smallest absolute Gasteiger partial charge is 0.108 e. The third-order valence-electron chi connectivity index (χ3n) is 3.11. The normalized spacial score (nSPS) is 20.8. The largest absolute Gasteiger partial charge is 0.386 e. The summed E-state index contributed by atoms with van der Waals surface area (Å²) in [6, 6.07) is 0.789. The molecule has 1 unspecified atom stereocenters. The molecule has 3 heteroatoms. The molecule has 0 heterocycles. The van der Waals surface area contributed by atoms with Crippen LogP contribution in [0.4, 0.5) is 0 Å². The fraction of sp³-hybridized carbons (Fsp3) is 0.900. The van der Waals surface area contributed by atoms with Gasteiger partial charge in [0, 0.05) is 6.04 Å². The highest BCUT2D eigenvalue weighted by Crippen LogP contribution is 2.24. The highest BCUT2D eigenvalue weighted by atomic mass is 15.2. The predicted molar refractivity (Wildman–Crippen MR) is 56.0 cm³/mol. The summed E-state index contributed by atoms with van der Waals surface area (Å²) in [5, 5.41) is 7.43. The van der Waals surface area contributed by atoms with E-state index in [0.717, 1.165) is 6.54 Å². The van der Waals surface area contributed by atoms with Gasteiger partial charge in [0.25, 0.3) is 0 Å². The molecule has 0 saturated heterocycles. The van der Waals surface area contributed by atoms with Crippen LogP contribution in [0.25, 0.3) is 0 Å². The molecule has 1 aliphatic carbocycles. The zero-order valence-electron chi connectivity index (χ0n) is 8.71. The second-order valence-corrected chi connectivity index (χ2v) is 3.90. The van der Waals surface area contributed by atoms with E-state index in [-0.39, 0.29) is 6.04 Å². The van der Waals surface area contributed by atoms with E-state index in [1.54, 1.807) is 0 Å². The Morgan fingerprint density at radius 1 is 1.54 bits per heavy atom. The average molecular weight is 183 g/mol. The third-order valence-corrected chi connectivity index (χ3v) is 3.11. The SMILES string of the molecule is CCN(C1CCCC1)C(C)C(=N)N. The van der Waals surface area contributed by atoms with Crippen LogP contribution in [-0.4, -0.2) is 29.4 Å². The van der Waals surface area contributed by atoms with Gasteiger partial charge in [0.05, 0.1) is 6.04 Å². The first-order valence-electron chi connectivity index (χ1n) is 5.26. The van der Waals surface area contributed by atoms with Gasteiger partial charge in [0.1, 0.15) is 5.84 Å². The molecule has 0 aromatic carbocycles. The second kappa shape index (κ2) is 4.61. The van der Waals surface area contributed by atoms with E-state index < -0.39 is 0 Å². The van der Waals surface area contributed by atoms with Crippen molar-refractivity contribution in [2.75, 3.05) is 6.54 Å². The highest BCUT2D eigenvalue weighted by Gasteiger charge is 2.26. The van der Waals surface area contributed by atoms with Crippen molar-refractivity contribution in [2.24, 2.45) is 5.73 Å². The minimum absolute atomic E-state index is 0.119. The molecule has 0 bridgehead atoms. The summed E-state index contributed by atoms with van der Waals surface area (Å²) in [6.07, 6.45) is 5.24. The molecule has 3 nitrogen and oxygen atoms in total. The first-order valence-corrected chi connectivity index (χ1v) is 5.26. The van der Waals surface area contributed by atoms with Crippen LogP contribution in [0.3, 0.4) is 0 Å². The van der Waals surface area contributed by atoms with E-state index in [1.165, 1.54) is 25.7 Å². The molecule has 0 aliphatic heterocycles. The van der Waals surface area contributed by atoms with Crippen LogP contribution in [-0.2, 0) is 0 Å². The van der Waals surface area contributed by atoms with E-state index >= 15 is 0 Å². The van der Waals surface area contributed by atoms with Crippen molar-refractivity contribution in [2.45, 2.75) is 51.6 Å². The van der Waals surface area contributed by atoms with Gasteiger partial charge in [-0.3, -0.25) is 10.3 Å². The van der Waals surface area contributed by atoms with Gasteiger partial charge in [-0.25, -0.2) is 0 Å². The monoisotopic (exact) mass is 183 g/mol. The molecule has 3 N–H and O–H groups in total. The van der Waals surface area contributed by atoms with Crippen LogP contribution >= 0.6 is 0 Å². The number of hydrogen-bond donors (Lipinski definition) is 2. The van der Waals surface area contributed by atoms with Crippen molar-refractivity contribution in [1.82, 2.24) is 4.90 Å². The summed E-state index contributed by atoms with van der Waals surface area (Å²) >= 11 is 0. The van der Waals surface area contributed by atoms with Crippen LogP contribution in [0, 0.1) is 5.41 Å². The molecule has 0 aromatic heterocycles. The highest BCUT2D eigenvalue weighted by molar-refractivity contribution is 5.82. The molecule has 1 aliphatic rings. The van der Waals surface area contributed by atoms with Gasteiger partial charge in [0.15, 0.2) is 0 Å². The Kier molecular flexibility index (Phi) is 3.72. The molecule has 0 amide bonds. The summed E-state index contributed by atoms with van der Waals surface area (Å²) in [5.74, 6) is 0.300. The summed E-state index contributed by atoms with van der Waals surface area (Å²) in [7, 11) is 0. The summed E-state index contributed by atoms with van der Waals surface area (Å²) in [4.78, 5) is 2.36. The predicted octanol–water partition coefficient (Wildman–Crippen LogP) is 1.58. The molecule has 0 aromatic rings. The maximum atomic E-state index is 7.43. The molecule has 76 valence electrons. The van der Waals surface area contributed by atoms with Crippen LogP contribution in [0.1, 0.15) is 39.5 Å². The van der Waals surface area contributed by atoms with E-state index in [9.17, 15) is 0 Å². The van der Waals surface area contributed by atoms with Crippen LogP contribution in [0.2, 0.25) is 0 Å². The minimum Gasteiger partial charge on any atom is -0.386 e.